The number of carbonyl (C=O) groups is 2. The summed E-state index contributed by atoms with van der Waals surface area (Å²) in [5.74, 6) is -3.65. The predicted octanol–water partition coefficient (Wildman–Crippen LogP) is 2.38. The molecule has 1 fully saturated rings. The Labute approximate surface area is 175 Å². The molecule has 0 amide bonds. The minimum Gasteiger partial charge on any atom is -0.473 e. The summed E-state index contributed by atoms with van der Waals surface area (Å²) in [7, 11) is 0. The van der Waals surface area contributed by atoms with Gasteiger partial charge >= 0.3 is 11.9 Å². The fourth-order valence-electron chi connectivity index (χ4n) is 3.78. The molecule has 1 aliphatic carbocycles. The van der Waals surface area contributed by atoms with Crippen LogP contribution in [0.1, 0.15) is 28.4 Å². The molecule has 0 aromatic heterocycles. The normalized spacial score (nSPS) is 16.4. The molecule has 4 rings (SSSR count). The molecule has 2 aromatic rings. The van der Waals surface area contributed by atoms with Crippen LogP contribution in [0.25, 0.3) is 0 Å². The Bertz CT molecular complexity index is 803. The molecule has 7 heteroatoms. The zero-order valence-electron chi connectivity index (χ0n) is 16.8. The number of aliphatic carboxylic acids is 2. The van der Waals surface area contributed by atoms with E-state index in [0.717, 1.165) is 52.3 Å². The lowest BCUT2D eigenvalue weighted by Gasteiger charge is -2.28. The molecule has 0 radical (unpaired) electrons. The fraction of sp³-hybridized carbons (Fsp3) is 0.391. The molecule has 2 N–H and O–H groups in total. The molecule has 1 heterocycles. The van der Waals surface area contributed by atoms with E-state index < -0.39 is 11.9 Å². The number of aryl methyl sites for hydroxylation is 2. The van der Waals surface area contributed by atoms with Gasteiger partial charge < -0.3 is 19.7 Å². The van der Waals surface area contributed by atoms with Crippen LogP contribution >= 0.6 is 0 Å². The van der Waals surface area contributed by atoms with Gasteiger partial charge in [0.1, 0.15) is 6.10 Å². The number of carboxylic acid groups (broad SMARTS) is 2. The van der Waals surface area contributed by atoms with Crippen LogP contribution in [0.3, 0.4) is 0 Å². The third kappa shape index (κ3) is 5.89. The molecule has 1 saturated heterocycles. The largest absolute Gasteiger partial charge is 0.473 e. The summed E-state index contributed by atoms with van der Waals surface area (Å²) in [5.41, 5.74) is 5.52. The van der Waals surface area contributed by atoms with Gasteiger partial charge in [-0.05, 0) is 35.1 Å². The standard InChI is InChI=1S/C21H25NO2.C2H2O4/c1-3-7-19-17(5-1)9-10-18-6-2-4-8-20(18)21(19)24-16-13-22-11-14-23-15-12-22;3-1(4)2(5)6/h1-8,21H,9-16H2;(H,3,4)(H,5,6). The minimum absolute atomic E-state index is 0.0564. The second-order valence-corrected chi connectivity index (χ2v) is 7.21. The van der Waals surface area contributed by atoms with Crippen LogP contribution in [-0.2, 0) is 31.9 Å². The molecule has 2 aliphatic rings. The Balaban J connectivity index is 0.000000377. The Morgan fingerprint density at radius 3 is 1.90 bits per heavy atom. The van der Waals surface area contributed by atoms with Crippen molar-refractivity contribution >= 4 is 11.9 Å². The van der Waals surface area contributed by atoms with E-state index >= 15 is 0 Å². The maximum atomic E-state index is 9.10. The van der Waals surface area contributed by atoms with E-state index in [0.29, 0.717) is 0 Å². The Morgan fingerprint density at radius 2 is 1.40 bits per heavy atom. The molecule has 0 atom stereocenters. The first kappa shape index (κ1) is 22.0. The molecule has 0 bridgehead atoms. The number of nitrogens with zero attached hydrogens (tertiary/aromatic N) is 1. The van der Waals surface area contributed by atoms with Gasteiger partial charge in [0.2, 0.25) is 0 Å². The van der Waals surface area contributed by atoms with Crippen LogP contribution in [0.15, 0.2) is 48.5 Å². The average Bonchev–Trinajstić information content (AvgIpc) is 2.92. The predicted molar refractivity (Wildman–Crippen MR) is 111 cm³/mol. The molecule has 0 unspecified atom stereocenters. The van der Waals surface area contributed by atoms with Crippen LogP contribution in [0.2, 0.25) is 0 Å². The van der Waals surface area contributed by atoms with Crippen molar-refractivity contribution in [3.8, 4) is 0 Å². The van der Waals surface area contributed by atoms with Crippen molar-refractivity contribution in [1.82, 2.24) is 4.90 Å². The second kappa shape index (κ2) is 10.9. The zero-order valence-corrected chi connectivity index (χ0v) is 16.8. The van der Waals surface area contributed by atoms with Gasteiger partial charge in [-0.1, -0.05) is 48.5 Å². The van der Waals surface area contributed by atoms with E-state index in [1.54, 1.807) is 0 Å². The molecule has 160 valence electrons. The number of fused-ring (bicyclic) bond motifs is 2. The van der Waals surface area contributed by atoms with Crippen molar-refractivity contribution in [2.45, 2.75) is 18.9 Å². The van der Waals surface area contributed by atoms with E-state index in [2.05, 4.69) is 53.4 Å². The first-order chi connectivity index (χ1) is 14.6. The highest BCUT2D eigenvalue weighted by Gasteiger charge is 2.24. The van der Waals surface area contributed by atoms with Crippen molar-refractivity contribution in [3.05, 3.63) is 70.8 Å². The Morgan fingerprint density at radius 1 is 0.900 bits per heavy atom. The smallest absolute Gasteiger partial charge is 0.414 e. The molecule has 2 aromatic carbocycles. The minimum atomic E-state index is -1.82. The maximum Gasteiger partial charge on any atom is 0.414 e. The van der Waals surface area contributed by atoms with Gasteiger partial charge in [0.15, 0.2) is 0 Å². The number of rotatable bonds is 4. The van der Waals surface area contributed by atoms with Crippen LogP contribution in [0, 0.1) is 0 Å². The fourth-order valence-corrected chi connectivity index (χ4v) is 3.78. The SMILES string of the molecule is O=C(O)C(=O)O.c1ccc2c(c1)CCc1ccccc1C2OCCN1CCOCC1. The number of hydrogen-bond donors (Lipinski definition) is 2. The number of hydrogen-bond acceptors (Lipinski definition) is 5. The summed E-state index contributed by atoms with van der Waals surface area (Å²) in [6, 6.07) is 17.5. The third-order valence-corrected chi connectivity index (χ3v) is 5.32. The highest BCUT2D eigenvalue weighted by molar-refractivity contribution is 6.27. The van der Waals surface area contributed by atoms with E-state index in [-0.39, 0.29) is 6.10 Å². The van der Waals surface area contributed by atoms with E-state index in [4.69, 9.17) is 29.3 Å². The first-order valence-corrected chi connectivity index (χ1v) is 10.1. The highest BCUT2D eigenvalue weighted by atomic mass is 16.5. The van der Waals surface area contributed by atoms with Gasteiger partial charge in [0.05, 0.1) is 19.8 Å². The summed E-state index contributed by atoms with van der Waals surface area (Å²) in [6.45, 7) is 5.45. The lowest BCUT2D eigenvalue weighted by Crippen LogP contribution is -2.38. The Kier molecular flexibility index (Phi) is 7.96. The quantitative estimate of drug-likeness (QED) is 0.743. The lowest BCUT2D eigenvalue weighted by molar-refractivity contribution is -0.159. The summed E-state index contributed by atoms with van der Waals surface area (Å²) in [5, 5.41) is 14.8. The van der Waals surface area contributed by atoms with Gasteiger partial charge in [-0.3, -0.25) is 4.90 Å². The number of carboxylic acids is 2. The van der Waals surface area contributed by atoms with Crippen LogP contribution < -0.4 is 0 Å². The molecule has 7 nitrogen and oxygen atoms in total. The number of morpholine rings is 1. The lowest BCUT2D eigenvalue weighted by atomic mass is 9.97. The van der Waals surface area contributed by atoms with Crippen LogP contribution in [-0.4, -0.2) is 66.5 Å². The van der Waals surface area contributed by atoms with Crippen LogP contribution in [0.5, 0.6) is 0 Å². The third-order valence-electron chi connectivity index (χ3n) is 5.32. The van der Waals surface area contributed by atoms with Crippen molar-refractivity contribution < 1.29 is 29.3 Å². The summed E-state index contributed by atoms with van der Waals surface area (Å²) >= 11 is 0. The van der Waals surface area contributed by atoms with Crippen molar-refractivity contribution in [2.24, 2.45) is 0 Å². The average molecular weight is 413 g/mol. The second-order valence-electron chi connectivity index (χ2n) is 7.21. The van der Waals surface area contributed by atoms with Crippen molar-refractivity contribution in [3.63, 3.8) is 0 Å². The molecule has 1 aliphatic heterocycles. The van der Waals surface area contributed by atoms with Crippen molar-refractivity contribution in [1.29, 1.82) is 0 Å². The first-order valence-electron chi connectivity index (χ1n) is 10.1. The van der Waals surface area contributed by atoms with Gasteiger partial charge in [-0.2, -0.15) is 0 Å². The van der Waals surface area contributed by atoms with Gasteiger partial charge in [-0.15, -0.1) is 0 Å². The number of ether oxygens (including phenoxy) is 2. The Hall–Kier alpha value is -2.74. The van der Waals surface area contributed by atoms with E-state index in [1.807, 2.05) is 0 Å². The molecule has 0 spiro atoms. The van der Waals surface area contributed by atoms with Crippen molar-refractivity contribution in [2.75, 3.05) is 39.5 Å². The maximum absolute atomic E-state index is 9.10. The molecule has 0 saturated carbocycles. The van der Waals surface area contributed by atoms with Gasteiger partial charge in [-0.25, -0.2) is 9.59 Å². The van der Waals surface area contributed by atoms with E-state index in [9.17, 15) is 0 Å². The highest BCUT2D eigenvalue weighted by Crippen LogP contribution is 2.34. The molecular formula is C23H27NO6. The van der Waals surface area contributed by atoms with Gasteiger partial charge in [0, 0.05) is 19.6 Å². The topological polar surface area (TPSA) is 96.3 Å². The van der Waals surface area contributed by atoms with Gasteiger partial charge in [0.25, 0.3) is 0 Å². The van der Waals surface area contributed by atoms with Crippen LogP contribution in [0.4, 0.5) is 0 Å². The monoisotopic (exact) mass is 413 g/mol. The van der Waals surface area contributed by atoms with E-state index in [1.165, 1.54) is 22.3 Å². The summed E-state index contributed by atoms with van der Waals surface area (Å²) in [4.78, 5) is 20.6. The summed E-state index contributed by atoms with van der Waals surface area (Å²) < 4.78 is 11.9. The molecular weight excluding hydrogens is 386 g/mol. The number of benzene rings is 2. The zero-order chi connectivity index (χ0) is 21.3. The summed E-state index contributed by atoms with van der Waals surface area (Å²) in [6.07, 6.45) is 2.24. The molecule has 30 heavy (non-hydrogen) atoms.